The number of methoxy groups -OCH3 is 3. The average molecular weight is 980 g/mol. The fraction of sp³-hybridized carbons (Fsp3) is 0.150. The largest absolute Gasteiger partial charge is 0.497 e. The highest BCUT2D eigenvalue weighted by Gasteiger charge is 2.36. The third-order valence-corrected chi connectivity index (χ3v) is 11.6. The van der Waals surface area contributed by atoms with E-state index in [0.717, 1.165) is 22.4 Å². The summed E-state index contributed by atoms with van der Waals surface area (Å²) in [7, 11) is 4.21. The zero-order valence-corrected chi connectivity index (χ0v) is 36.4. The van der Waals surface area contributed by atoms with Gasteiger partial charge in [0, 0.05) is 33.2 Å². The van der Waals surface area contributed by atoms with Crippen molar-refractivity contribution in [3.05, 3.63) is 142 Å². The van der Waals surface area contributed by atoms with Crippen LogP contribution in [0, 0.1) is 0 Å². The van der Waals surface area contributed by atoms with Gasteiger partial charge in [0.15, 0.2) is 0 Å². The van der Waals surface area contributed by atoms with Gasteiger partial charge in [-0.05, 0) is 66.2 Å². The number of nitrogens with one attached hydrogen (secondary N) is 1. The van der Waals surface area contributed by atoms with Gasteiger partial charge in [0.05, 0.1) is 81.8 Å². The van der Waals surface area contributed by atoms with Gasteiger partial charge >= 0.3 is 24.0 Å². The Kier molecular flexibility index (Phi) is 13.3. The van der Waals surface area contributed by atoms with Crippen LogP contribution in [0.1, 0.15) is 37.4 Å². The van der Waals surface area contributed by atoms with E-state index >= 15 is 0 Å². The molecule has 4 amide bonds. The molecule has 1 N–H and O–H groups in total. The fourth-order valence-electron chi connectivity index (χ4n) is 6.22. The van der Waals surface area contributed by atoms with Crippen LogP contribution in [-0.2, 0) is 29.1 Å². The number of benzene rings is 5. The number of nitrogens with zero attached hydrogens (tertiary/aromatic N) is 3. The van der Waals surface area contributed by atoms with Crippen molar-refractivity contribution in [2.24, 2.45) is 0 Å². The first kappa shape index (κ1) is 42.1. The number of anilines is 4. The molecular weight excluding hydrogens is 950 g/mol. The highest BCUT2D eigenvalue weighted by molar-refractivity contribution is 9.10. The molecule has 0 saturated carbocycles. The summed E-state index contributed by atoms with van der Waals surface area (Å²) >= 11 is 32.5. The molecule has 0 unspecified atom stereocenters. The molecule has 0 radical (unpaired) electrons. The molecular formula is C40H30Br2Cl4N4O7. The number of esters is 2. The Bertz CT molecular complexity index is 2380. The maximum Gasteiger partial charge on any atom is 0.337 e. The Hall–Kier alpha value is -4.50. The number of hydrogen-bond acceptors (Lipinski definition) is 7. The average Bonchev–Trinajstić information content (AvgIpc) is 3.19. The van der Waals surface area contributed by atoms with Crippen molar-refractivity contribution >= 4 is 125 Å². The Morgan fingerprint density at radius 1 is 0.684 bits per heavy atom. The molecule has 11 nitrogen and oxygen atoms in total. The van der Waals surface area contributed by atoms with Crippen LogP contribution in [0.25, 0.3) is 0 Å². The smallest absolute Gasteiger partial charge is 0.337 e. The van der Waals surface area contributed by atoms with Crippen molar-refractivity contribution in [1.29, 1.82) is 0 Å². The molecule has 294 valence electrons. The maximum atomic E-state index is 13.8. The second-order valence-electron chi connectivity index (χ2n) is 12.4. The first-order chi connectivity index (χ1) is 27.3. The minimum absolute atomic E-state index is 0.299. The summed E-state index contributed by atoms with van der Waals surface area (Å²) in [4.78, 5) is 54.9. The molecule has 5 aromatic carbocycles. The van der Waals surface area contributed by atoms with Crippen LogP contribution in [0.5, 0.6) is 5.75 Å². The molecule has 5 aromatic rings. The maximum absolute atomic E-state index is 13.8. The molecule has 2 heterocycles. The van der Waals surface area contributed by atoms with Crippen molar-refractivity contribution in [2.45, 2.75) is 19.6 Å². The minimum Gasteiger partial charge on any atom is -0.497 e. The van der Waals surface area contributed by atoms with Crippen molar-refractivity contribution in [3.63, 3.8) is 0 Å². The molecule has 0 atom stereocenters. The number of hydrogen-bond donors (Lipinski definition) is 1. The second kappa shape index (κ2) is 18.0. The van der Waals surface area contributed by atoms with Gasteiger partial charge in [-0.25, -0.2) is 19.2 Å². The van der Waals surface area contributed by atoms with E-state index in [2.05, 4.69) is 37.2 Å². The zero-order valence-electron chi connectivity index (χ0n) is 30.2. The van der Waals surface area contributed by atoms with Gasteiger partial charge in [-0.15, -0.1) is 0 Å². The van der Waals surface area contributed by atoms with Gasteiger partial charge in [-0.1, -0.05) is 103 Å². The Morgan fingerprint density at radius 3 is 1.65 bits per heavy atom. The van der Waals surface area contributed by atoms with Crippen LogP contribution in [-0.4, -0.2) is 50.2 Å². The summed E-state index contributed by atoms with van der Waals surface area (Å²) in [6.45, 7) is 0.988. The standard InChI is InChI=1S/C24H19BrCl2N2O4.C16H11BrCl2N2O3/c1-32-16-8-6-14(7-9-16)12-28-13-17-18(25)10-15(23(30)33-2)11-21(17)29(24(28)31)22-19(26)4-3-5-20(22)27;1-24-15(22)8-5-10(17)9-7-20-16(23)21(13(9)6-8)14-11(18)3-2-4-12(14)19/h3-11H,12-13H2,1-2H3;2-6H,7H2,1H3,(H,20,23). The molecule has 0 bridgehead atoms. The van der Waals surface area contributed by atoms with Crippen LogP contribution < -0.4 is 19.9 Å². The number of carbonyl (C=O) groups is 4. The van der Waals surface area contributed by atoms with E-state index in [1.54, 1.807) is 72.7 Å². The summed E-state index contributed by atoms with van der Waals surface area (Å²) in [5.74, 6) is -0.289. The quantitative estimate of drug-likeness (QED) is 0.161. The third kappa shape index (κ3) is 8.69. The van der Waals surface area contributed by atoms with Gasteiger partial charge < -0.3 is 24.4 Å². The number of para-hydroxylation sites is 2. The van der Waals surface area contributed by atoms with E-state index < -0.39 is 11.9 Å². The first-order valence-electron chi connectivity index (χ1n) is 16.8. The fourth-order valence-corrected chi connectivity index (χ4v) is 8.52. The van der Waals surface area contributed by atoms with Crippen LogP contribution in [0.2, 0.25) is 20.1 Å². The minimum atomic E-state index is -0.517. The monoisotopic (exact) mass is 976 g/mol. The summed E-state index contributed by atoms with van der Waals surface area (Å²) in [6, 6.07) is 23.4. The topological polar surface area (TPSA) is 118 Å². The van der Waals surface area contributed by atoms with Crippen LogP contribution in [0.4, 0.5) is 32.3 Å². The molecule has 0 aliphatic carbocycles. The van der Waals surface area contributed by atoms with Crippen molar-refractivity contribution in [2.75, 3.05) is 31.1 Å². The summed E-state index contributed by atoms with van der Waals surface area (Å²) in [5.41, 5.74) is 4.89. The summed E-state index contributed by atoms with van der Waals surface area (Å²) in [6.07, 6.45) is 0. The zero-order chi connectivity index (χ0) is 41.1. The number of urea groups is 2. The lowest BCUT2D eigenvalue weighted by Crippen LogP contribution is -2.44. The van der Waals surface area contributed by atoms with E-state index in [4.69, 9.17) is 60.6 Å². The van der Waals surface area contributed by atoms with Crippen molar-refractivity contribution in [3.8, 4) is 5.75 Å². The van der Waals surface area contributed by atoms with Crippen molar-refractivity contribution < 1.29 is 33.4 Å². The number of halogens is 6. The van der Waals surface area contributed by atoms with Crippen LogP contribution >= 0.6 is 78.3 Å². The lowest BCUT2D eigenvalue weighted by atomic mass is 10.0. The number of ether oxygens (including phenoxy) is 3. The number of rotatable bonds is 7. The highest BCUT2D eigenvalue weighted by atomic mass is 79.9. The Morgan fingerprint density at radius 2 is 1.16 bits per heavy atom. The molecule has 0 aromatic heterocycles. The number of amides is 4. The molecule has 0 fully saturated rings. The molecule has 17 heteroatoms. The van der Waals surface area contributed by atoms with Crippen molar-refractivity contribution in [1.82, 2.24) is 10.2 Å². The number of carbonyl (C=O) groups excluding carboxylic acids is 4. The summed E-state index contributed by atoms with van der Waals surface area (Å²) in [5, 5.41) is 4.04. The second-order valence-corrected chi connectivity index (χ2v) is 15.7. The predicted octanol–water partition coefficient (Wildman–Crippen LogP) is 11.7. The van der Waals surface area contributed by atoms with E-state index in [1.165, 1.54) is 24.0 Å². The third-order valence-electron chi connectivity index (χ3n) is 8.95. The Balaban J connectivity index is 0.000000203. The van der Waals surface area contributed by atoms with E-state index in [1.807, 2.05) is 24.3 Å². The molecule has 0 saturated heterocycles. The van der Waals surface area contributed by atoms with Crippen LogP contribution in [0.15, 0.2) is 93.9 Å². The molecule has 2 aliphatic heterocycles. The van der Waals surface area contributed by atoms with Crippen LogP contribution in [0.3, 0.4) is 0 Å². The van der Waals surface area contributed by atoms with E-state index in [-0.39, 0.29) is 12.1 Å². The predicted molar refractivity (Wildman–Crippen MR) is 228 cm³/mol. The molecule has 0 spiro atoms. The van der Waals surface area contributed by atoms with Gasteiger partial charge in [-0.2, -0.15) is 0 Å². The lowest BCUT2D eigenvalue weighted by Gasteiger charge is -2.38. The number of fused-ring (bicyclic) bond motifs is 2. The van der Waals surface area contributed by atoms with E-state index in [0.29, 0.717) is 82.5 Å². The lowest BCUT2D eigenvalue weighted by molar-refractivity contribution is 0.0592. The molecule has 2 aliphatic rings. The van der Waals surface area contributed by atoms with Gasteiger partial charge in [-0.3, -0.25) is 9.80 Å². The highest BCUT2D eigenvalue weighted by Crippen LogP contribution is 2.46. The Labute approximate surface area is 364 Å². The molecule has 7 rings (SSSR count). The SMILES string of the molecule is COC(=O)c1cc(Br)c2c(c1)N(c1c(Cl)cccc1Cl)C(=O)N(Cc1ccc(OC)cc1)C2.COC(=O)c1cc(Br)c2c(c1)N(c1c(Cl)cccc1Cl)C(=O)NC2. The first-order valence-corrected chi connectivity index (χ1v) is 19.9. The van der Waals surface area contributed by atoms with Gasteiger partial charge in [0.25, 0.3) is 0 Å². The normalized spacial score (nSPS) is 13.2. The van der Waals surface area contributed by atoms with E-state index in [9.17, 15) is 19.2 Å². The summed E-state index contributed by atoms with van der Waals surface area (Å²) < 4.78 is 16.2. The molecule has 57 heavy (non-hydrogen) atoms. The van der Waals surface area contributed by atoms with Gasteiger partial charge in [0.1, 0.15) is 5.75 Å². The van der Waals surface area contributed by atoms with Gasteiger partial charge in [0.2, 0.25) is 0 Å².